The lowest BCUT2D eigenvalue weighted by Gasteiger charge is -2.16. The van der Waals surface area contributed by atoms with E-state index in [1.54, 1.807) is 6.92 Å². The van der Waals surface area contributed by atoms with Crippen LogP contribution >= 0.6 is 11.6 Å². The van der Waals surface area contributed by atoms with Crippen molar-refractivity contribution >= 4 is 43.4 Å². The van der Waals surface area contributed by atoms with Gasteiger partial charge in [0, 0.05) is 17.0 Å². The molecule has 0 radical (unpaired) electrons. The molecule has 0 fully saturated rings. The molecule has 2 atom stereocenters. The molecule has 1 aromatic heterocycles. The third-order valence-corrected chi connectivity index (χ3v) is 6.21. The van der Waals surface area contributed by atoms with Gasteiger partial charge in [-0.05, 0) is 30.7 Å². The van der Waals surface area contributed by atoms with Gasteiger partial charge in [-0.1, -0.05) is 24.3 Å². The van der Waals surface area contributed by atoms with Crippen LogP contribution in [0.15, 0.2) is 46.9 Å². The van der Waals surface area contributed by atoms with Gasteiger partial charge in [0.25, 0.3) is 0 Å². The van der Waals surface area contributed by atoms with Crippen molar-refractivity contribution in [2.24, 2.45) is 0 Å². The number of fused-ring (bicyclic) bond motifs is 3. The third-order valence-electron chi connectivity index (χ3n) is 3.81. The second kappa shape index (κ2) is 5.04. The molecule has 5 heteroatoms. The summed E-state index contributed by atoms with van der Waals surface area (Å²) in [6.45, 7) is 1.63. The van der Waals surface area contributed by atoms with Crippen LogP contribution in [0.5, 0.6) is 0 Å². The van der Waals surface area contributed by atoms with Crippen molar-refractivity contribution in [2.45, 2.75) is 17.6 Å². The van der Waals surface area contributed by atoms with Crippen molar-refractivity contribution in [3.63, 3.8) is 0 Å². The van der Waals surface area contributed by atoms with Crippen LogP contribution in [0, 0.1) is 0 Å². The predicted molar refractivity (Wildman–Crippen MR) is 86.6 cm³/mol. The second-order valence-corrected chi connectivity index (χ2v) is 8.16. The summed E-state index contributed by atoms with van der Waals surface area (Å²) in [7, 11) is -3.19. The fourth-order valence-electron chi connectivity index (χ4n) is 2.40. The molecule has 3 nitrogen and oxygen atoms in total. The van der Waals surface area contributed by atoms with E-state index in [0.29, 0.717) is 0 Å². The van der Waals surface area contributed by atoms with E-state index in [1.807, 2.05) is 42.5 Å². The molecule has 2 aromatic carbocycles. The molecule has 0 aliphatic carbocycles. The van der Waals surface area contributed by atoms with E-state index in [4.69, 9.17) is 16.0 Å². The monoisotopic (exact) mass is 322 g/mol. The van der Waals surface area contributed by atoms with Crippen LogP contribution in [0.1, 0.15) is 17.9 Å². The average molecular weight is 323 g/mol. The topological polar surface area (TPSA) is 47.3 Å². The number of para-hydroxylation sites is 1. The average Bonchev–Trinajstić information content (AvgIpc) is 2.82. The molecule has 3 aromatic rings. The maximum atomic E-state index is 11.7. The molecular formula is C16H15ClO3S. The molecule has 1 heterocycles. The highest BCUT2D eigenvalue weighted by Gasteiger charge is 2.26. The van der Waals surface area contributed by atoms with Crippen molar-refractivity contribution in [1.29, 1.82) is 0 Å². The molecule has 0 aliphatic rings. The van der Waals surface area contributed by atoms with Crippen LogP contribution < -0.4 is 0 Å². The van der Waals surface area contributed by atoms with Crippen molar-refractivity contribution in [1.82, 2.24) is 0 Å². The zero-order valence-electron chi connectivity index (χ0n) is 11.7. The maximum Gasteiger partial charge on any atom is 0.151 e. The Balaban J connectivity index is 2.14. The first-order valence-electron chi connectivity index (χ1n) is 6.62. The van der Waals surface area contributed by atoms with Crippen molar-refractivity contribution in [2.75, 3.05) is 6.26 Å². The fraction of sp³-hybridized carbons (Fsp3) is 0.250. The van der Waals surface area contributed by atoms with E-state index in [-0.39, 0.29) is 0 Å². The lowest BCUT2D eigenvalue weighted by atomic mass is 10.1. The van der Waals surface area contributed by atoms with E-state index < -0.39 is 20.5 Å². The maximum absolute atomic E-state index is 11.7. The summed E-state index contributed by atoms with van der Waals surface area (Å²) in [5.74, 6) is 0. The van der Waals surface area contributed by atoms with Crippen LogP contribution in [0.3, 0.4) is 0 Å². The summed E-state index contributed by atoms with van der Waals surface area (Å²) in [6.07, 6.45) is 1.21. The number of hydrogen-bond donors (Lipinski definition) is 0. The molecule has 0 amide bonds. The van der Waals surface area contributed by atoms with Gasteiger partial charge in [0.05, 0.1) is 10.6 Å². The summed E-state index contributed by atoms with van der Waals surface area (Å²) >= 11 is 6.35. The van der Waals surface area contributed by atoms with Crippen LogP contribution in [-0.4, -0.2) is 19.9 Å². The number of benzene rings is 2. The summed E-state index contributed by atoms with van der Waals surface area (Å²) in [4.78, 5) is 0. The van der Waals surface area contributed by atoms with Gasteiger partial charge >= 0.3 is 0 Å². The van der Waals surface area contributed by atoms with E-state index in [9.17, 15) is 8.42 Å². The number of sulfone groups is 1. The molecule has 0 spiro atoms. The van der Waals surface area contributed by atoms with Gasteiger partial charge < -0.3 is 4.42 Å². The molecule has 21 heavy (non-hydrogen) atoms. The van der Waals surface area contributed by atoms with Gasteiger partial charge in [0.2, 0.25) is 0 Å². The molecule has 0 saturated heterocycles. The first-order valence-corrected chi connectivity index (χ1v) is 9.01. The number of halogens is 1. The fourth-order valence-corrected chi connectivity index (χ4v) is 3.69. The van der Waals surface area contributed by atoms with Gasteiger partial charge in [-0.15, -0.1) is 11.6 Å². The minimum absolute atomic E-state index is 0.585. The van der Waals surface area contributed by atoms with Crippen LogP contribution in [0.25, 0.3) is 21.9 Å². The third kappa shape index (κ3) is 2.54. The van der Waals surface area contributed by atoms with E-state index in [0.717, 1.165) is 27.5 Å². The Kier molecular flexibility index (Phi) is 3.46. The van der Waals surface area contributed by atoms with Crippen LogP contribution in [-0.2, 0) is 9.84 Å². The number of furan rings is 1. The number of rotatable bonds is 3. The normalized spacial score (nSPS) is 15.4. The van der Waals surface area contributed by atoms with Crippen molar-refractivity contribution in [3.8, 4) is 0 Å². The Hall–Kier alpha value is -1.52. The van der Waals surface area contributed by atoms with Gasteiger partial charge in [-0.3, -0.25) is 0 Å². The summed E-state index contributed by atoms with van der Waals surface area (Å²) in [6, 6.07) is 13.3. The Morgan fingerprint density at radius 2 is 1.71 bits per heavy atom. The Morgan fingerprint density at radius 3 is 2.43 bits per heavy atom. The highest BCUT2D eigenvalue weighted by Crippen LogP contribution is 2.34. The molecule has 0 aliphatic heterocycles. The smallest absolute Gasteiger partial charge is 0.151 e. The molecule has 110 valence electrons. The number of alkyl halides is 1. The van der Waals surface area contributed by atoms with Gasteiger partial charge in [0.15, 0.2) is 9.84 Å². The first-order chi connectivity index (χ1) is 9.88. The summed E-state index contributed by atoms with van der Waals surface area (Å²) in [5, 5.41) is 0.729. The first kappa shape index (κ1) is 14.4. The highest BCUT2D eigenvalue weighted by atomic mass is 35.5. The molecule has 2 unspecified atom stereocenters. The minimum Gasteiger partial charge on any atom is -0.456 e. The quantitative estimate of drug-likeness (QED) is 0.675. The van der Waals surface area contributed by atoms with Crippen LogP contribution in [0.2, 0.25) is 0 Å². The molecule has 0 bridgehead atoms. The predicted octanol–water partition coefficient (Wildman–Crippen LogP) is 4.30. The van der Waals surface area contributed by atoms with E-state index >= 15 is 0 Å². The van der Waals surface area contributed by atoms with Crippen LogP contribution in [0.4, 0.5) is 0 Å². The Bertz CT molecular complexity index is 912. The molecular weight excluding hydrogens is 308 g/mol. The van der Waals surface area contributed by atoms with E-state index in [2.05, 4.69) is 0 Å². The molecule has 3 rings (SSSR count). The highest BCUT2D eigenvalue weighted by molar-refractivity contribution is 7.91. The summed E-state index contributed by atoms with van der Waals surface area (Å²) < 4.78 is 29.1. The zero-order chi connectivity index (χ0) is 15.2. The summed E-state index contributed by atoms with van der Waals surface area (Å²) in [5.41, 5.74) is 2.37. The van der Waals surface area contributed by atoms with E-state index in [1.165, 1.54) is 6.26 Å². The lowest BCUT2D eigenvalue weighted by molar-refractivity contribution is 0.587. The van der Waals surface area contributed by atoms with Gasteiger partial charge in [-0.25, -0.2) is 8.42 Å². The Labute approximate surface area is 128 Å². The minimum atomic E-state index is -3.19. The SMILES string of the molecule is CC(C(Cl)c1ccc2oc3ccccc3c2c1)S(C)(=O)=O. The standard InChI is InChI=1S/C16H15ClO3S/c1-10(21(2,18)19)16(17)11-7-8-15-13(9-11)12-5-3-4-6-14(12)20-15/h3-10,16H,1-2H3. The van der Waals surface area contributed by atoms with Crippen molar-refractivity contribution in [3.05, 3.63) is 48.0 Å². The second-order valence-electron chi connectivity index (χ2n) is 5.29. The Morgan fingerprint density at radius 1 is 1.05 bits per heavy atom. The molecule has 0 saturated carbocycles. The number of hydrogen-bond acceptors (Lipinski definition) is 3. The largest absolute Gasteiger partial charge is 0.456 e. The van der Waals surface area contributed by atoms with Gasteiger partial charge in [-0.2, -0.15) is 0 Å². The van der Waals surface area contributed by atoms with Gasteiger partial charge in [0.1, 0.15) is 11.2 Å². The zero-order valence-corrected chi connectivity index (χ0v) is 13.3. The molecule has 0 N–H and O–H groups in total. The van der Waals surface area contributed by atoms with Crippen molar-refractivity contribution < 1.29 is 12.8 Å². The lowest BCUT2D eigenvalue weighted by Crippen LogP contribution is -2.21.